The molecule has 106 valence electrons. The van der Waals surface area contributed by atoms with E-state index in [0.29, 0.717) is 13.1 Å². The molecule has 0 spiro atoms. The predicted molar refractivity (Wildman–Crippen MR) is 77.1 cm³/mol. The van der Waals surface area contributed by atoms with Crippen LogP contribution in [-0.4, -0.2) is 24.1 Å². The molecule has 0 radical (unpaired) electrons. The van der Waals surface area contributed by atoms with Gasteiger partial charge in [-0.25, -0.2) is 0 Å². The molecule has 19 heavy (non-hydrogen) atoms. The largest absolute Gasteiger partial charge is 0.392 e. The maximum Gasteiger partial charge on any atom is 0.234 e. The van der Waals surface area contributed by atoms with Gasteiger partial charge in [0.1, 0.15) is 0 Å². The van der Waals surface area contributed by atoms with Gasteiger partial charge in [0.25, 0.3) is 0 Å². The Morgan fingerprint density at radius 1 is 1.32 bits per heavy atom. The van der Waals surface area contributed by atoms with Crippen molar-refractivity contribution in [1.82, 2.24) is 10.6 Å². The van der Waals surface area contributed by atoms with E-state index in [1.54, 1.807) is 0 Å². The molecule has 4 nitrogen and oxygen atoms in total. The minimum absolute atomic E-state index is 0. The number of aliphatic hydroxyl groups is 1. The van der Waals surface area contributed by atoms with Gasteiger partial charge < -0.3 is 15.7 Å². The van der Waals surface area contributed by atoms with Gasteiger partial charge >= 0.3 is 0 Å². The van der Waals surface area contributed by atoms with Crippen LogP contribution in [0.25, 0.3) is 0 Å². The molecule has 0 atom stereocenters. The summed E-state index contributed by atoms with van der Waals surface area (Å²) in [5.74, 6) is 0.809. The zero-order chi connectivity index (χ0) is 12.8. The molecule has 0 unspecified atom stereocenters. The molecule has 0 aliphatic heterocycles. The molecule has 0 bridgehead atoms. The lowest BCUT2D eigenvalue weighted by Crippen LogP contribution is -2.34. The molecule has 1 aliphatic rings. The Hall–Kier alpha value is -1.10. The average molecular weight is 285 g/mol. The lowest BCUT2D eigenvalue weighted by Gasteiger charge is -2.07. The van der Waals surface area contributed by atoms with E-state index < -0.39 is 0 Å². The second-order valence-corrected chi connectivity index (χ2v) is 4.83. The second kappa shape index (κ2) is 8.15. The lowest BCUT2D eigenvalue weighted by molar-refractivity contribution is -0.120. The van der Waals surface area contributed by atoms with E-state index in [1.165, 1.54) is 12.8 Å². The first-order valence-corrected chi connectivity index (χ1v) is 6.44. The molecule has 1 fully saturated rings. The van der Waals surface area contributed by atoms with Crippen LogP contribution >= 0.6 is 12.4 Å². The van der Waals surface area contributed by atoms with Crippen molar-refractivity contribution in [2.24, 2.45) is 5.92 Å². The number of amides is 1. The molecule has 0 heterocycles. The van der Waals surface area contributed by atoms with Gasteiger partial charge in [0, 0.05) is 6.54 Å². The van der Waals surface area contributed by atoms with Crippen LogP contribution in [0.15, 0.2) is 24.3 Å². The molecule has 2 rings (SSSR count). The Labute approximate surface area is 120 Å². The quantitative estimate of drug-likeness (QED) is 0.705. The number of halogens is 1. The molecule has 0 aromatic heterocycles. The SMILES string of the molecule is Cl.O=C(CNCC1CC1)NCc1cccc(CO)c1. The summed E-state index contributed by atoms with van der Waals surface area (Å²) in [5, 5.41) is 15.0. The third-order valence-corrected chi connectivity index (χ3v) is 3.08. The Morgan fingerprint density at radius 2 is 2.05 bits per heavy atom. The van der Waals surface area contributed by atoms with Gasteiger partial charge in [0.2, 0.25) is 5.91 Å². The number of aliphatic hydroxyl groups excluding tert-OH is 1. The fourth-order valence-electron chi connectivity index (χ4n) is 1.81. The highest BCUT2D eigenvalue weighted by Gasteiger charge is 2.20. The zero-order valence-corrected chi connectivity index (χ0v) is 11.7. The van der Waals surface area contributed by atoms with Crippen molar-refractivity contribution in [3.05, 3.63) is 35.4 Å². The van der Waals surface area contributed by atoms with Crippen molar-refractivity contribution in [1.29, 1.82) is 0 Å². The predicted octanol–water partition coefficient (Wildman–Crippen LogP) is 1.22. The zero-order valence-electron chi connectivity index (χ0n) is 10.9. The summed E-state index contributed by atoms with van der Waals surface area (Å²) in [7, 11) is 0. The molecule has 5 heteroatoms. The minimum atomic E-state index is 0. The summed E-state index contributed by atoms with van der Waals surface area (Å²) in [6.07, 6.45) is 2.59. The minimum Gasteiger partial charge on any atom is -0.392 e. The number of rotatable bonds is 7. The van der Waals surface area contributed by atoms with Gasteiger partial charge in [0.05, 0.1) is 13.2 Å². The third kappa shape index (κ3) is 6.05. The molecule has 1 saturated carbocycles. The normalized spacial score (nSPS) is 13.7. The van der Waals surface area contributed by atoms with Crippen LogP contribution in [0, 0.1) is 5.92 Å². The summed E-state index contributed by atoms with van der Waals surface area (Å²) in [6.45, 7) is 1.88. The van der Waals surface area contributed by atoms with Crippen LogP contribution in [0.5, 0.6) is 0 Å². The summed E-state index contributed by atoms with van der Waals surface area (Å²) in [4.78, 5) is 11.5. The number of hydrogen-bond acceptors (Lipinski definition) is 3. The van der Waals surface area contributed by atoms with Crippen molar-refractivity contribution in [3.8, 4) is 0 Å². The lowest BCUT2D eigenvalue weighted by atomic mass is 10.1. The number of carbonyl (C=O) groups excluding carboxylic acids is 1. The van der Waals surface area contributed by atoms with Gasteiger partial charge in [-0.05, 0) is 36.4 Å². The van der Waals surface area contributed by atoms with Crippen LogP contribution < -0.4 is 10.6 Å². The molecule has 1 aromatic carbocycles. The number of hydrogen-bond donors (Lipinski definition) is 3. The highest BCUT2D eigenvalue weighted by molar-refractivity contribution is 5.85. The maximum absolute atomic E-state index is 11.5. The first kappa shape index (κ1) is 16.0. The molecule has 1 amide bonds. The Kier molecular flexibility index (Phi) is 6.84. The van der Waals surface area contributed by atoms with Crippen molar-refractivity contribution in [3.63, 3.8) is 0 Å². The first-order chi connectivity index (χ1) is 8.78. The Balaban J connectivity index is 0.00000180. The van der Waals surface area contributed by atoms with E-state index in [1.807, 2.05) is 24.3 Å². The summed E-state index contributed by atoms with van der Waals surface area (Å²) in [6, 6.07) is 7.59. The van der Waals surface area contributed by atoms with Crippen LogP contribution in [0.3, 0.4) is 0 Å². The van der Waals surface area contributed by atoms with Crippen LogP contribution in [-0.2, 0) is 17.9 Å². The van der Waals surface area contributed by atoms with Crippen molar-refractivity contribution in [2.45, 2.75) is 26.0 Å². The Bertz CT molecular complexity index is 408. The van der Waals surface area contributed by atoms with Gasteiger partial charge in [0.15, 0.2) is 0 Å². The average Bonchev–Trinajstić information content (AvgIpc) is 3.21. The van der Waals surface area contributed by atoms with E-state index >= 15 is 0 Å². The van der Waals surface area contributed by atoms with Gasteiger partial charge in [-0.3, -0.25) is 4.79 Å². The van der Waals surface area contributed by atoms with E-state index in [2.05, 4.69) is 10.6 Å². The van der Waals surface area contributed by atoms with E-state index in [-0.39, 0.29) is 24.9 Å². The van der Waals surface area contributed by atoms with Crippen molar-refractivity contribution >= 4 is 18.3 Å². The number of carbonyl (C=O) groups is 1. The van der Waals surface area contributed by atoms with Crippen molar-refractivity contribution < 1.29 is 9.90 Å². The third-order valence-electron chi connectivity index (χ3n) is 3.08. The van der Waals surface area contributed by atoms with E-state index in [4.69, 9.17) is 5.11 Å². The molecule has 1 aromatic rings. The molecular formula is C14H21ClN2O2. The highest BCUT2D eigenvalue weighted by Crippen LogP contribution is 2.27. The molecule has 1 aliphatic carbocycles. The van der Waals surface area contributed by atoms with Crippen LogP contribution in [0.1, 0.15) is 24.0 Å². The smallest absolute Gasteiger partial charge is 0.234 e. The standard InChI is InChI=1S/C14H20N2O2.ClH/c17-10-13-3-1-2-12(6-13)8-16-14(18)9-15-7-11-4-5-11;/h1-3,6,11,15,17H,4-5,7-10H2,(H,16,18);1H. The van der Waals surface area contributed by atoms with Crippen molar-refractivity contribution in [2.75, 3.05) is 13.1 Å². The van der Waals surface area contributed by atoms with Crippen LogP contribution in [0.2, 0.25) is 0 Å². The first-order valence-electron chi connectivity index (χ1n) is 6.44. The van der Waals surface area contributed by atoms with E-state index in [0.717, 1.165) is 23.6 Å². The molecule has 0 saturated heterocycles. The van der Waals surface area contributed by atoms with Gasteiger partial charge in [-0.1, -0.05) is 24.3 Å². The number of nitrogens with one attached hydrogen (secondary N) is 2. The molecule has 3 N–H and O–H groups in total. The fraction of sp³-hybridized carbons (Fsp3) is 0.500. The van der Waals surface area contributed by atoms with Crippen LogP contribution in [0.4, 0.5) is 0 Å². The maximum atomic E-state index is 11.5. The summed E-state index contributed by atoms with van der Waals surface area (Å²) < 4.78 is 0. The van der Waals surface area contributed by atoms with Gasteiger partial charge in [-0.2, -0.15) is 0 Å². The topological polar surface area (TPSA) is 61.4 Å². The van der Waals surface area contributed by atoms with Gasteiger partial charge in [-0.15, -0.1) is 12.4 Å². The molecular weight excluding hydrogens is 264 g/mol. The monoisotopic (exact) mass is 284 g/mol. The van der Waals surface area contributed by atoms with E-state index in [9.17, 15) is 4.79 Å². The summed E-state index contributed by atoms with van der Waals surface area (Å²) in [5.41, 5.74) is 1.88. The Morgan fingerprint density at radius 3 is 2.74 bits per heavy atom. The highest BCUT2D eigenvalue weighted by atomic mass is 35.5. The summed E-state index contributed by atoms with van der Waals surface area (Å²) >= 11 is 0. The second-order valence-electron chi connectivity index (χ2n) is 4.83. The number of benzene rings is 1. The fourth-order valence-corrected chi connectivity index (χ4v) is 1.81.